The molecular weight excluding hydrogens is 290 g/mol. The number of aromatic nitrogens is 1. The molecule has 0 saturated carbocycles. The third-order valence-corrected chi connectivity index (χ3v) is 4.33. The van der Waals surface area contributed by atoms with Crippen molar-refractivity contribution < 1.29 is 0 Å². The van der Waals surface area contributed by atoms with Crippen LogP contribution in [0.1, 0.15) is 39.0 Å². The maximum atomic E-state index is 5.01. The second-order valence-corrected chi connectivity index (χ2v) is 7.21. The molecule has 1 heteroatoms. The second-order valence-electron chi connectivity index (χ2n) is 7.21. The van der Waals surface area contributed by atoms with Crippen LogP contribution in [0.25, 0.3) is 22.4 Å². The van der Waals surface area contributed by atoms with Crippen LogP contribution in [-0.4, -0.2) is 4.98 Å². The SMILES string of the molecule is CCc1nc(-c2ccccc2)cc(-c2ccccc2)c1C(C)(C)C. The van der Waals surface area contributed by atoms with Crippen LogP contribution in [0.5, 0.6) is 0 Å². The van der Waals surface area contributed by atoms with Crippen LogP contribution < -0.4 is 0 Å². The van der Waals surface area contributed by atoms with E-state index >= 15 is 0 Å². The summed E-state index contributed by atoms with van der Waals surface area (Å²) in [6.45, 7) is 9.02. The first-order valence-electron chi connectivity index (χ1n) is 8.66. The van der Waals surface area contributed by atoms with Crippen molar-refractivity contribution >= 4 is 0 Å². The summed E-state index contributed by atoms with van der Waals surface area (Å²) < 4.78 is 0. The van der Waals surface area contributed by atoms with Gasteiger partial charge < -0.3 is 0 Å². The number of aryl methyl sites for hydroxylation is 1. The Morgan fingerprint density at radius 3 is 1.83 bits per heavy atom. The molecule has 0 unspecified atom stereocenters. The summed E-state index contributed by atoms with van der Waals surface area (Å²) in [6.07, 6.45) is 0.938. The van der Waals surface area contributed by atoms with Crippen LogP contribution >= 0.6 is 0 Å². The summed E-state index contributed by atoms with van der Waals surface area (Å²) in [5.41, 5.74) is 7.40. The van der Waals surface area contributed by atoms with Gasteiger partial charge in [0.15, 0.2) is 0 Å². The maximum Gasteiger partial charge on any atom is 0.0711 e. The first-order valence-corrected chi connectivity index (χ1v) is 8.66. The Morgan fingerprint density at radius 1 is 0.792 bits per heavy atom. The Kier molecular flexibility index (Phi) is 4.53. The van der Waals surface area contributed by atoms with Gasteiger partial charge in [0.1, 0.15) is 0 Å². The van der Waals surface area contributed by atoms with E-state index in [0.717, 1.165) is 12.1 Å². The highest BCUT2D eigenvalue weighted by molar-refractivity contribution is 5.75. The molecule has 0 spiro atoms. The molecule has 0 amide bonds. The van der Waals surface area contributed by atoms with Gasteiger partial charge >= 0.3 is 0 Å². The van der Waals surface area contributed by atoms with Crippen LogP contribution in [0, 0.1) is 0 Å². The monoisotopic (exact) mass is 315 g/mol. The van der Waals surface area contributed by atoms with E-state index in [4.69, 9.17) is 4.98 Å². The number of rotatable bonds is 3. The lowest BCUT2D eigenvalue weighted by molar-refractivity contribution is 0.581. The lowest BCUT2D eigenvalue weighted by Gasteiger charge is -2.26. The Balaban J connectivity index is 2.31. The summed E-state index contributed by atoms with van der Waals surface area (Å²) >= 11 is 0. The highest BCUT2D eigenvalue weighted by Gasteiger charge is 2.24. The van der Waals surface area contributed by atoms with Gasteiger partial charge in [-0.15, -0.1) is 0 Å². The lowest BCUT2D eigenvalue weighted by atomic mass is 9.79. The molecule has 0 fully saturated rings. The molecule has 1 aromatic heterocycles. The average Bonchev–Trinajstić information content (AvgIpc) is 2.61. The molecule has 2 aromatic carbocycles. The van der Waals surface area contributed by atoms with Gasteiger partial charge in [-0.25, -0.2) is 0 Å². The number of nitrogens with zero attached hydrogens (tertiary/aromatic N) is 1. The Labute approximate surface area is 145 Å². The highest BCUT2D eigenvalue weighted by atomic mass is 14.7. The smallest absolute Gasteiger partial charge is 0.0711 e. The van der Waals surface area contributed by atoms with Crippen molar-refractivity contribution in [2.45, 2.75) is 39.5 Å². The predicted molar refractivity (Wildman–Crippen MR) is 103 cm³/mol. The van der Waals surface area contributed by atoms with E-state index in [2.05, 4.69) is 88.4 Å². The van der Waals surface area contributed by atoms with E-state index in [1.807, 2.05) is 6.07 Å². The quantitative estimate of drug-likeness (QED) is 0.554. The molecule has 0 saturated heterocycles. The van der Waals surface area contributed by atoms with Gasteiger partial charge in [0.05, 0.1) is 5.69 Å². The van der Waals surface area contributed by atoms with Crippen molar-refractivity contribution in [1.82, 2.24) is 4.98 Å². The van der Waals surface area contributed by atoms with Gasteiger partial charge in [-0.3, -0.25) is 4.98 Å². The minimum absolute atomic E-state index is 0.0543. The van der Waals surface area contributed by atoms with Gasteiger partial charge in [-0.2, -0.15) is 0 Å². The van der Waals surface area contributed by atoms with Crippen molar-refractivity contribution in [2.75, 3.05) is 0 Å². The number of hydrogen-bond acceptors (Lipinski definition) is 1. The van der Waals surface area contributed by atoms with Crippen LogP contribution in [0.4, 0.5) is 0 Å². The van der Waals surface area contributed by atoms with Crippen LogP contribution in [0.15, 0.2) is 66.7 Å². The standard InChI is InChI=1S/C23H25N/c1-5-20-22(23(2,3)4)19(17-12-8-6-9-13-17)16-21(24-20)18-14-10-7-11-15-18/h6-16H,5H2,1-4H3. The second kappa shape index (κ2) is 6.60. The summed E-state index contributed by atoms with van der Waals surface area (Å²) in [4.78, 5) is 5.01. The topological polar surface area (TPSA) is 12.9 Å². The van der Waals surface area contributed by atoms with Gasteiger partial charge in [0, 0.05) is 11.3 Å². The summed E-state index contributed by atoms with van der Waals surface area (Å²) in [7, 11) is 0. The molecule has 24 heavy (non-hydrogen) atoms. The molecule has 0 aliphatic rings. The third-order valence-electron chi connectivity index (χ3n) is 4.33. The number of benzene rings is 2. The summed E-state index contributed by atoms with van der Waals surface area (Å²) in [6, 6.07) is 23.4. The molecule has 0 aliphatic heterocycles. The van der Waals surface area contributed by atoms with Gasteiger partial charge in [0.25, 0.3) is 0 Å². The van der Waals surface area contributed by atoms with E-state index in [1.165, 1.54) is 27.9 Å². The summed E-state index contributed by atoms with van der Waals surface area (Å²) in [5.74, 6) is 0. The molecule has 0 aliphatic carbocycles. The van der Waals surface area contributed by atoms with Gasteiger partial charge in [-0.1, -0.05) is 88.4 Å². The van der Waals surface area contributed by atoms with Gasteiger partial charge in [-0.05, 0) is 34.6 Å². The van der Waals surface area contributed by atoms with E-state index in [-0.39, 0.29) is 5.41 Å². The largest absolute Gasteiger partial charge is 0.253 e. The highest BCUT2D eigenvalue weighted by Crippen LogP contribution is 2.37. The van der Waals surface area contributed by atoms with Crippen molar-refractivity contribution in [3.05, 3.63) is 78.0 Å². The fourth-order valence-electron chi connectivity index (χ4n) is 3.29. The molecule has 0 atom stereocenters. The van der Waals surface area contributed by atoms with E-state index < -0.39 is 0 Å². The first kappa shape index (κ1) is 16.4. The van der Waals surface area contributed by atoms with E-state index in [0.29, 0.717) is 0 Å². The zero-order chi connectivity index (χ0) is 17.2. The molecule has 0 N–H and O–H groups in total. The molecule has 3 aromatic rings. The van der Waals surface area contributed by atoms with Crippen molar-refractivity contribution in [1.29, 1.82) is 0 Å². The maximum absolute atomic E-state index is 5.01. The molecule has 0 radical (unpaired) electrons. The Hall–Kier alpha value is -2.41. The van der Waals surface area contributed by atoms with E-state index in [9.17, 15) is 0 Å². The molecule has 1 heterocycles. The fraction of sp³-hybridized carbons (Fsp3) is 0.261. The summed E-state index contributed by atoms with van der Waals surface area (Å²) in [5, 5.41) is 0. The van der Waals surface area contributed by atoms with Gasteiger partial charge in [0.2, 0.25) is 0 Å². The fourth-order valence-corrected chi connectivity index (χ4v) is 3.29. The van der Waals surface area contributed by atoms with E-state index in [1.54, 1.807) is 0 Å². The first-order chi connectivity index (χ1) is 11.5. The van der Waals surface area contributed by atoms with Crippen LogP contribution in [0.2, 0.25) is 0 Å². The average molecular weight is 315 g/mol. The number of hydrogen-bond donors (Lipinski definition) is 0. The Bertz CT molecular complexity index is 812. The molecular formula is C23H25N. The zero-order valence-corrected chi connectivity index (χ0v) is 15.0. The number of pyridine rings is 1. The zero-order valence-electron chi connectivity index (χ0n) is 15.0. The third kappa shape index (κ3) is 3.26. The normalized spacial score (nSPS) is 11.5. The van der Waals surface area contributed by atoms with Crippen LogP contribution in [-0.2, 0) is 11.8 Å². The van der Waals surface area contributed by atoms with Crippen LogP contribution in [0.3, 0.4) is 0 Å². The van der Waals surface area contributed by atoms with Crippen molar-refractivity contribution in [2.24, 2.45) is 0 Å². The lowest BCUT2D eigenvalue weighted by Crippen LogP contribution is -2.17. The minimum atomic E-state index is 0.0543. The van der Waals surface area contributed by atoms with Crippen molar-refractivity contribution in [3.8, 4) is 22.4 Å². The predicted octanol–water partition coefficient (Wildman–Crippen LogP) is 6.28. The minimum Gasteiger partial charge on any atom is -0.253 e. The molecule has 122 valence electrons. The molecule has 3 rings (SSSR count). The van der Waals surface area contributed by atoms with Crippen molar-refractivity contribution in [3.63, 3.8) is 0 Å². The molecule has 0 bridgehead atoms. The Morgan fingerprint density at radius 2 is 1.33 bits per heavy atom. The molecule has 1 nitrogen and oxygen atoms in total.